The SMILES string of the molecule is CC(=Nc1ccc(F)cc1C)c1cccc(C(C)=Nc2ccc(F)cc2C)n1. The van der Waals surface area contributed by atoms with Crippen LogP contribution in [-0.4, -0.2) is 16.4 Å². The summed E-state index contributed by atoms with van der Waals surface area (Å²) in [5.41, 5.74) is 5.82. The molecule has 0 saturated carbocycles. The number of hydrogen-bond acceptors (Lipinski definition) is 3. The summed E-state index contributed by atoms with van der Waals surface area (Å²) < 4.78 is 26.6. The van der Waals surface area contributed by atoms with E-state index in [1.165, 1.54) is 24.3 Å². The van der Waals surface area contributed by atoms with E-state index < -0.39 is 0 Å². The molecule has 142 valence electrons. The van der Waals surface area contributed by atoms with Gasteiger partial charge in [0.1, 0.15) is 11.6 Å². The lowest BCUT2D eigenvalue weighted by Gasteiger charge is -2.07. The number of rotatable bonds is 4. The van der Waals surface area contributed by atoms with Crippen molar-refractivity contribution in [1.29, 1.82) is 0 Å². The van der Waals surface area contributed by atoms with E-state index in [9.17, 15) is 8.78 Å². The van der Waals surface area contributed by atoms with Crippen LogP contribution < -0.4 is 0 Å². The third kappa shape index (κ3) is 4.55. The van der Waals surface area contributed by atoms with Crippen LogP contribution in [0.4, 0.5) is 20.2 Å². The number of aromatic nitrogens is 1. The molecule has 28 heavy (non-hydrogen) atoms. The molecule has 0 saturated heterocycles. The summed E-state index contributed by atoms with van der Waals surface area (Å²) in [4.78, 5) is 13.8. The van der Waals surface area contributed by atoms with Crippen molar-refractivity contribution in [3.63, 3.8) is 0 Å². The molecule has 0 aliphatic heterocycles. The van der Waals surface area contributed by atoms with Crippen molar-refractivity contribution in [2.24, 2.45) is 9.98 Å². The highest BCUT2D eigenvalue weighted by Crippen LogP contribution is 2.22. The largest absolute Gasteiger partial charge is 0.251 e. The molecule has 0 N–H and O–H groups in total. The van der Waals surface area contributed by atoms with Gasteiger partial charge >= 0.3 is 0 Å². The number of aliphatic imine (C=N–C) groups is 2. The highest BCUT2D eigenvalue weighted by atomic mass is 19.1. The van der Waals surface area contributed by atoms with Crippen molar-refractivity contribution >= 4 is 22.8 Å². The summed E-state index contributed by atoms with van der Waals surface area (Å²) in [6.07, 6.45) is 0. The van der Waals surface area contributed by atoms with Gasteiger partial charge in [0.15, 0.2) is 0 Å². The summed E-state index contributed by atoms with van der Waals surface area (Å²) in [7, 11) is 0. The monoisotopic (exact) mass is 377 g/mol. The summed E-state index contributed by atoms with van der Waals surface area (Å²) in [5, 5.41) is 0. The van der Waals surface area contributed by atoms with Crippen molar-refractivity contribution in [3.05, 3.63) is 88.7 Å². The maximum absolute atomic E-state index is 13.3. The third-order valence-electron chi connectivity index (χ3n) is 4.38. The van der Waals surface area contributed by atoms with Crippen molar-refractivity contribution in [2.45, 2.75) is 27.7 Å². The predicted octanol–water partition coefficient (Wildman–Crippen LogP) is 6.26. The molecule has 2 aromatic carbocycles. The van der Waals surface area contributed by atoms with Crippen LogP contribution in [0.15, 0.2) is 64.6 Å². The van der Waals surface area contributed by atoms with Crippen molar-refractivity contribution < 1.29 is 8.78 Å². The molecule has 3 rings (SSSR count). The zero-order valence-corrected chi connectivity index (χ0v) is 16.3. The smallest absolute Gasteiger partial charge is 0.123 e. The normalized spacial score (nSPS) is 12.4. The molecule has 0 spiro atoms. The van der Waals surface area contributed by atoms with E-state index in [-0.39, 0.29) is 11.6 Å². The lowest BCUT2D eigenvalue weighted by atomic mass is 10.1. The number of halogens is 2. The van der Waals surface area contributed by atoms with E-state index in [1.807, 2.05) is 45.9 Å². The van der Waals surface area contributed by atoms with E-state index in [4.69, 9.17) is 0 Å². The molecule has 0 aliphatic rings. The summed E-state index contributed by atoms with van der Waals surface area (Å²) in [6, 6.07) is 14.6. The van der Waals surface area contributed by atoms with Gasteiger partial charge in [-0.05, 0) is 87.4 Å². The molecule has 1 aromatic heterocycles. The van der Waals surface area contributed by atoms with E-state index in [0.29, 0.717) is 22.8 Å². The van der Waals surface area contributed by atoms with Gasteiger partial charge < -0.3 is 0 Å². The Bertz CT molecular complexity index is 1000. The molecule has 0 aliphatic carbocycles. The molecule has 0 unspecified atom stereocenters. The van der Waals surface area contributed by atoms with Gasteiger partial charge in [0.2, 0.25) is 0 Å². The average molecular weight is 377 g/mol. The summed E-state index contributed by atoms with van der Waals surface area (Å²) in [5.74, 6) is -0.561. The van der Waals surface area contributed by atoms with Gasteiger partial charge in [-0.25, -0.2) is 13.8 Å². The molecule has 3 nitrogen and oxygen atoms in total. The van der Waals surface area contributed by atoms with Gasteiger partial charge in [-0.2, -0.15) is 0 Å². The molecular formula is C23H21F2N3. The van der Waals surface area contributed by atoms with Gasteiger partial charge in [0, 0.05) is 0 Å². The Hall–Kier alpha value is -3.21. The molecule has 1 heterocycles. The second kappa shape index (κ2) is 8.21. The Balaban J connectivity index is 1.93. The second-order valence-corrected chi connectivity index (χ2v) is 6.66. The first-order chi connectivity index (χ1) is 13.3. The number of benzene rings is 2. The standard InChI is InChI=1S/C23H21F2N3/c1-14-12-18(24)8-10-20(14)26-16(3)22-6-5-7-23(28-22)17(4)27-21-11-9-19(25)13-15(21)2/h5-13H,1-4H3. The predicted molar refractivity (Wildman–Crippen MR) is 110 cm³/mol. The number of pyridine rings is 1. The fourth-order valence-electron chi connectivity index (χ4n) is 2.80. The van der Waals surface area contributed by atoms with Crippen LogP contribution in [0.3, 0.4) is 0 Å². The number of aryl methyl sites for hydroxylation is 2. The highest BCUT2D eigenvalue weighted by molar-refractivity contribution is 6.02. The second-order valence-electron chi connectivity index (χ2n) is 6.66. The van der Waals surface area contributed by atoms with Gasteiger partial charge in [-0.15, -0.1) is 0 Å². The van der Waals surface area contributed by atoms with Crippen molar-refractivity contribution in [2.75, 3.05) is 0 Å². The topological polar surface area (TPSA) is 37.6 Å². The minimum atomic E-state index is -0.280. The van der Waals surface area contributed by atoms with Gasteiger partial charge in [0.05, 0.1) is 34.2 Å². The van der Waals surface area contributed by atoms with E-state index >= 15 is 0 Å². The number of hydrogen-bond donors (Lipinski definition) is 0. The van der Waals surface area contributed by atoms with E-state index in [1.54, 1.807) is 12.1 Å². The Morgan fingerprint density at radius 3 is 1.54 bits per heavy atom. The fraction of sp³-hybridized carbons (Fsp3) is 0.174. The van der Waals surface area contributed by atoms with Crippen molar-refractivity contribution in [3.8, 4) is 0 Å². The zero-order chi connectivity index (χ0) is 20.3. The Labute approximate surface area is 163 Å². The van der Waals surface area contributed by atoms with Gasteiger partial charge in [0.25, 0.3) is 0 Å². The Morgan fingerprint density at radius 1 is 0.714 bits per heavy atom. The van der Waals surface area contributed by atoms with Crippen LogP contribution in [0.5, 0.6) is 0 Å². The van der Waals surface area contributed by atoms with E-state index in [2.05, 4.69) is 15.0 Å². The summed E-state index contributed by atoms with van der Waals surface area (Å²) >= 11 is 0. The van der Waals surface area contributed by atoms with Crippen LogP contribution >= 0.6 is 0 Å². The molecule has 0 radical (unpaired) electrons. The quantitative estimate of drug-likeness (QED) is 0.495. The van der Waals surface area contributed by atoms with E-state index in [0.717, 1.165) is 22.6 Å². The molecule has 5 heteroatoms. The van der Waals surface area contributed by atoms with Gasteiger partial charge in [-0.3, -0.25) is 9.98 Å². The lowest BCUT2D eigenvalue weighted by molar-refractivity contribution is 0.626. The molecule has 0 amide bonds. The molecule has 3 aromatic rings. The van der Waals surface area contributed by atoms with Crippen LogP contribution in [0.2, 0.25) is 0 Å². The van der Waals surface area contributed by atoms with Crippen LogP contribution in [0.1, 0.15) is 36.4 Å². The molecular weight excluding hydrogens is 356 g/mol. The Kier molecular flexibility index (Phi) is 5.73. The molecule has 0 bridgehead atoms. The van der Waals surface area contributed by atoms with Crippen LogP contribution in [-0.2, 0) is 0 Å². The first kappa shape index (κ1) is 19.5. The van der Waals surface area contributed by atoms with Crippen molar-refractivity contribution in [1.82, 2.24) is 4.98 Å². The maximum Gasteiger partial charge on any atom is 0.123 e. The maximum atomic E-state index is 13.3. The van der Waals surface area contributed by atoms with Gasteiger partial charge in [-0.1, -0.05) is 6.07 Å². The molecule has 0 fully saturated rings. The number of nitrogens with zero attached hydrogens (tertiary/aromatic N) is 3. The fourth-order valence-corrected chi connectivity index (χ4v) is 2.80. The minimum Gasteiger partial charge on any atom is -0.251 e. The Morgan fingerprint density at radius 2 is 1.14 bits per heavy atom. The lowest BCUT2D eigenvalue weighted by Crippen LogP contribution is -2.05. The molecule has 0 atom stereocenters. The zero-order valence-electron chi connectivity index (χ0n) is 16.3. The summed E-state index contributed by atoms with van der Waals surface area (Å²) in [6.45, 7) is 7.37. The third-order valence-corrected chi connectivity index (χ3v) is 4.38. The minimum absolute atomic E-state index is 0.280. The highest BCUT2D eigenvalue weighted by Gasteiger charge is 2.07. The average Bonchev–Trinajstić information content (AvgIpc) is 2.66. The van der Waals surface area contributed by atoms with Crippen LogP contribution in [0.25, 0.3) is 0 Å². The first-order valence-corrected chi connectivity index (χ1v) is 8.94. The van der Waals surface area contributed by atoms with Crippen LogP contribution in [0, 0.1) is 25.5 Å². The first-order valence-electron chi connectivity index (χ1n) is 8.94.